The zero-order valence-corrected chi connectivity index (χ0v) is 25.8. The second kappa shape index (κ2) is 13.0. The van der Waals surface area contributed by atoms with E-state index < -0.39 is 0 Å². The molecule has 0 bridgehead atoms. The Kier molecular flexibility index (Phi) is 8.39. The zero-order valence-electron chi connectivity index (χ0n) is 25.8. The minimum absolute atomic E-state index is 0.550. The van der Waals surface area contributed by atoms with Crippen molar-refractivity contribution in [2.24, 2.45) is 5.10 Å². The van der Waals surface area contributed by atoms with Crippen molar-refractivity contribution < 1.29 is 4.79 Å². The number of allylic oxidation sites excluding steroid dienone is 5. The van der Waals surface area contributed by atoms with Crippen LogP contribution in [0.5, 0.6) is 0 Å². The van der Waals surface area contributed by atoms with Gasteiger partial charge < -0.3 is 0 Å². The number of aromatic nitrogens is 2. The van der Waals surface area contributed by atoms with Crippen LogP contribution in [0.3, 0.4) is 0 Å². The summed E-state index contributed by atoms with van der Waals surface area (Å²) in [4.78, 5) is 14.4. The van der Waals surface area contributed by atoms with Crippen molar-refractivity contribution in [3.05, 3.63) is 148 Å². The first-order valence-electron chi connectivity index (χ1n) is 16.1. The van der Waals surface area contributed by atoms with E-state index in [0.29, 0.717) is 12.3 Å². The summed E-state index contributed by atoms with van der Waals surface area (Å²) in [5.41, 5.74) is 10.7. The number of nitrogens with zero attached hydrogens (tertiary/aromatic N) is 5. The lowest BCUT2D eigenvalue weighted by molar-refractivity contribution is -0.105. The molecule has 1 fully saturated rings. The predicted molar refractivity (Wildman–Crippen MR) is 182 cm³/mol. The first kappa shape index (κ1) is 28.9. The van der Waals surface area contributed by atoms with Gasteiger partial charge >= 0.3 is 0 Å². The third kappa shape index (κ3) is 6.24. The predicted octanol–water partition coefficient (Wildman–Crippen LogP) is 7.55. The van der Waals surface area contributed by atoms with Crippen LogP contribution in [-0.2, 0) is 24.3 Å². The number of hydrogen-bond donors (Lipinski definition) is 0. The van der Waals surface area contributed by atoms with Gasteiger partial charge in [-0.2, -0.15) is 10.2 Å². The number of benzene rings is 3. The second-order valence-corrected chi connectivity index (χ2v) is 12.1. The highest BCUT2D eigenvalue weighted by Gasteiger charge is 2.26. The monoisotopic (exact) mass is 593 g/mol. The summed E-state index contributed by atoms with van der Waals surface area (Å²) in [5.74, 6) is 0.550. The van der Waals surface area contributed by atoms with Gasteiger partial charge in [0.1, 0.15) is 6.29 Å². The van der Waals surface area contributed by atoms with Crippen molar-refractivity contribution in [2.45, 2.75) is 51.6 Å². The molecule has 3 aromatic carbocycles. The number of piperidine rings is 1. The molecule has 1 aromatic heterocycles. The summed E-state index contributed by atoms with van der Waals surface area (Å²) in [6.45, 7) is 6.20. The lowest BCUT2D eigenvalue weighted by Crippen LogP contribution is -2.33. The number of rotatable bonds is 9. The average molecular weight is 594 g/mol. The van der Waals surface area contributed by atoms with E-state index >= 15 is 0 Å². The van der Waals surface area contributed by atoms with Crippen LogP contribution < -0.4 is 5.01 Å². The molecule has 3 aliphatic rings. The fourth-order valence-electron chi connectivity index (χ4n) is 6.75. The van der Waals surface area contributed by atoms with Gasteiger partial charge in [-0.05, 0) is 80.8 Å². The van der Waals surface area contributed by atoms with Crippen molar-refractivity contribution in [1.29, 1.82) is 0 Å². The Labute approximate surface area is 265 Å². The molecule has 4 aromatic rings. The zero-order chi connectivity index (χ0) is 30.6. The lowest BCUT2D eigenvalue weighted by Gasteiger charge is -2.32. The molecule has 7 rings (SSSR count). The summed E-state index contributed by atoms with van der Waals surface area (Å²) in [7, 11) is 0. The average Bonchev–Trinajstić information content (AvgIpc) is 3.51. The highest BCUT2D eigenvalue weighted by molar-refractivity contribution is 6.17. The van der Waals surface area contributed by atoms with Gasteiger partial charge in [0.05, 0.1) is 22.8 Å². The van der Waals surface area contributed by atoms with Gasteiger partial charge in [0.15, 0.2) is 0 Å². The number of aldehydes is 1. The van der Waals surface area contributed by atoms with Gasteiger partial charge in [-0.15, -0.1) is 0 Å². The summed E-state index contributed by atoms with van der Waals surface area (Å²) >= 11 is 0. The number of anilines is 1. The molecule has 0 saturated carbocycles. The quantitative estimate of drug-likeness (QED) is 0.188. The van der Waals surface area contributed by atoms with Gasteiger partial charge in [0.2, 0.25) is 0 Å². The van der Waals surface area contributed by atoms with Crippen LogP contribution in [0.2, 0.25) is 0 Å². The largest absolute Gasteiger partial charge is 0.299 e. The van der Waals surface area contributed by atoms with Crippen molar-refractivity contribution in [1.82, 2.24) is 14.7 Å². The molecule has 3 heterocycles. The van der Waals surface area contributed by atoms with Crippen molar-refractivity contribution in [3.8, 4) is 0 Å². The molecule has 0 spiro atoms. The number of carbonyl (C=O) groups excluding carboxylic acids is 1. The van der Waals surface area contributed by atoms with Crippen LogP contribution in [0.4, 0.5) is 5.69 Å². The molecule has 2 aliphatic heterocycles. The van der Waals surface area contributed by atoms with Gasteiger partial charge in [-0.3, -0.25) is 14.4 Å². The number of hydrazone groups is 1. The van der Waals surface area contributed by atoms with E-state index in [4.69, 9.17) is 10.2 Å². The van der Waals surface area contributed by atoms with Crippen LogP contribution >= 0.6 is 0 Å². The standard InChI is InChI=1S/C39H39N5O/c1-2-43-38(25-34(40-43)24-29-10-5-3-6-11-29)32-20-22-42(23-21-32)27-30-16-18-35(19-17-30)44-39(31-12-7-4-8-13-31)26-36-33(28-45)14-9-15-37(36)41-44/h3-13,15-19,25-26,28,32H,2,14,20-24,27H2,1H3. The molecule has 0 radical (unpaired) electrons. The Morgan fingerprint density at radius 2 is 1.62 bits per heavy atom. The van der Waals surface area contributed by atoms with Crippen LogP contribution in [0.25, 0.3) is 5.70 Å². The minimum Gasteiger partial charge on any atom is -0.299 e. The second-order valence-electron chi connectivity index (χ2n) is 12.1. The summed E-state index contributed by atoms with van der Waals surface area (Å²) < 4.78 is 2.22. The van der Waals surface area contributed by atoms with Gasteiger partial charge in [-0.1, -0.05) is 78.9 Å². The van der Waals surface area contributed by atoms with Gasteiger partial charge in [-0.25, -0.2) is 5.01 Å². The van der Waals surface area contributed by atoms with E-state index in [1.165, 1.54) is 22.5 Å². The van der Waals surface area contributed by atoms with Crippen molar-refractivity contribution in [3.63, 3.8) is 0 Å². The summed E-state index contributed by atoms with van der Waals surface area (Å²) in [5, 5.41) is 12.0. The Morgan fingerprint density at radius 3 is 2.33 bits per heavy atom. The Morgan fingerprint density at radius 1 is 0.889 bits per heavy atom. The first-order chi connectivity index (χ1) is 22.2. The number of aryl methyl sites for hydroxylation is 1. The van der Waals surface area contributed by atoms with E-state index in [2.05, 4.69) is 95.4 Å². The summed E-state index contributed by atoms with van der Waals surface area (Å²) in [6, 6.07) is 32.0. The molecule has 0 atom stereocenters. The molecule has 0 unspecified atom stereocenters. The molecule has 1 saturated heterocycles. The number of fused-ring (bicyclic) bond motifs is 1. The van der Waals surface area contributed by atoms with Crippen LogP contribution in [0.1, 0.15) is 60.2 Å². The van der Waals surface area contributed by atoms with Gasteiger partial charge in [0, 0.05) is 47.8 Å². The van der Waals surface area contributed by atoms with Crippen LogP contribution in [-0.4, -0.2) is 39.8 Å². The van der Waals surface area contributed by atoms with E-state index in [1.807, 2.05) is 35.4 Å². The molecule has 0 N–H and O–H groups in total. The molecule has 6 heteroatoms. The smallest absolute Gasteiger partial charge is 0.147 e. The van der Waals surface area contributed by atoms with Crippen LogP contribution in [0.15, 0.2) is 125 Å². The summed E-state index contributed by atoms with van der Waals surface area (Å²) in [6.07, 6.45) is 10.9. The number of hydrogen-bond acceptors (Lipinski definition) is 5. The molecule has 226 valence electrons. The van der Waals surface area contributed by atoms with Crippen molar-refractivity contribution >= 4 is 23.4 Å². The maximum Gasteiger partial charge on any atom is 0.147 e. The van der Waals surface area contributed by atoms with Crippen molar-refractivity contribution in [2.75, 3.05) is 18.1 Å². The third-order valence-electron chi connectivity index (χ3n) is 9.15. The minimum atomic E-state index is 0.550. The SMILES string of the molecule is CCn1nc(Cc2ccccc2)cc1C1CCN(Cc2ccc(N3N=C4C=CCC(C=O)=C4C=C3c3ccccc3)cc2)CC1. The molecular weight excluding hydrogens is 554 g/mol. The molecule has 1 aliphatic carbocycles. The fraction of sp³-hybridized carbons (Fsp3) is 0.256. The van der Waals surface area contributed by atoms with E-state index in [0.717, 1.165) is 85.5 Å². The normalized spacial score (nSPS) is 17.2. The molecule has 6 nitrogen and oxygen atoms in total. The Hall–Kier alpha value is -4.81. The Balaban J connectivity index is 1.03. The first-order valence-corrected chi connectivity index (χ1v) is 16.1. The van der Waals surface area contributed by atoms with E-state index in [1.54, 1.807) is 0 Å². The van der Waals surface area contributed by atoms with E-state index in [-0.39, 0.29) is 0 Å². The Bertz CT molecular complexity index is 1770. The van der Waals surface area contributed by atoms with E-state index in [9.17, 15) is 4.79 Å². The third-order valence-corrected chi connectivity index (χ3v) is 9.15. The number of likely N-dealkylation sites (tertiary alicyclic amines) is 1. The maximum absolute atomic E-state index is 11.8. The maximum atomic E-state index is 11.8. The topological polar surface area (TPSA) is 53.7 Å². The van der Waals surface area contributed by atoms with Gasteiger partial charge in [0.25, 0.3) is 0 Å². The fourth-order valence-corrected chi connectivity index (χ4v) is 6.75. The molecule has 0 amide bonds. The highest BCUT2D eigenvalue weighted by atomic mass is 16.1. The highest BCUT2D eigenvalue weighted by Crippen LogP contribution is 2.35. The lowest BCUT2D eigenvalue weighted by atomic mass is 9.92. The van der Waals surface area contributed by atoms with Crippen LogP contribution in [0, 0.1) is 0 Å². The number of carbonyl (C=O) groups is 1. The molecule has 45 heavy (non-hydrogen) atoms. The molecular formula is C39H39N5O.